The average Bonchev–Trinajstić information content (AvgIpc) is 2.42. The van der Waals surface area contributed by atoms with Gasteiger partial charge in [0.1, 0.15) is 0 Å². The fourth-order valence-electron chi connectivity index (χ4n) is 2.41. The molecule has 100 valence electrons. The first-order chi connectivity index (χ1) is 8.81. The van der Waals surface area contributed by atoms with Gasteiger partial charge in [0, 0.05) is 17.5 Å². The fourth-order valence-corrected chi connectivity index (χ4v) is 3.35. The average molecular weight is 265 g/mol. The van der Waals surface area contributed by atoms with E-state index in [0.29, 0.717) is 12.1 Å². The molecule has 0 spiro atoms. The first-order valence-corrected chi connectivity index (χ1v) is 7.94. The van der Waals surface area contributed by atoms with Crippen molar-refractivity contribution in [2.75, 3.05) is 24.7 Å². The molecular formula is C15H23NOS. The summed E-state index contributed by atoms with van der Waals surface area (Å²) in [4.78, 5) is 0. The number of aryl methyl sites for hydroxylation is 1. The third-order valence-corrected chi connectivity index (χ3v) is 4.48. The van der Waals surface area contributed by atoms with Crippen molar-refractivity contribution in [3.63, 3.8) is 0 Å². The molecule has 1 aliphatic heterocycles. The molecule has 0 aliphatic carbocycles. The highest BCUT2D eigenvalue weighted by Crippen LogP contribution is 2.19. The monoisotopic (exact) mass is 265 g/mol. The molecule has 2 nitrogen and oxygen atoms in total. The number of benzene rings is 1. The predicted octanol–water partition coefficient (Wildman–Crippen LogP) is 2.65. The number of hydrogen-bond acceptors (Lipinski definition) is 3. The van der Waals surface area contributed by atoms with Crippen LogP contribution >= 0.6 is 11.8 Å². The van der Waals surface area contributed by atoms with Crippen molar-refractivity contribution in [1.82, 2.24) is 5.32 Å². The minimum absolute atomic E-state index is 0.350. The third kappa shape index (κ3) is 3.74. The summed E-state index contributed by atoms with van der Waals surface area (Å²) >= 11 is 2.01. The van der Waals surface area contributed by atoms with Gasteiger partial charge in [-0.1, -0.05) is 31.2 Å². The van der Waals surface area contributed by atoms with E-state index in [2.05, 4.69) is 43.4 Å². The Morgan fingerprint density at radius 3 is 2.94 bits per heavy atom. The number of rotatable bonds is 5. The van der Waals surface area contributed by atoms with Crippen LogP contribution in [-0.4, -0.2) is 36.8 Å². The number of ether oxygens (including phenoxy) is 1. The summed E-state index contributed by atoms with van der Waals surface area (Å²) in [5.74, 6) is 2.25. The van der Waals surface area contributed by atoms with Crippen LogP contribution in [0.15, 0.2) is 24.3 Å². The van der Waals surface area contributed by atoms with Gasteiger partial charge in [-0.15, -0.1) is 0 Å². The second-order valence-corrected chi connectivity index (χ2v) is 5.93. The van der Waals surface area contributed by atoms with Crippen LogP contribution < -0.4 is 5.32 Å². The van der Waals surface area contributed by atoms with E-state index in [1.807, 2.05) is 11.8 Å². The Hall–Kier alpha value is -0.510. The van der Waals surface area contributed by atoms with E-state index in [4.69, 9.17) is 4.74 Å². The second kappa shape index (κ2) is 7.17. The topological polar surface area (TPSA) is 21.3 Å². The van der Waals surface area contributed by atoms with Gasteiger partial charge in [-0.2, -0.15) is 11.8 Å². The maximum atomic E-state index is 5.92. The predicted molar refractivity (Wildman–Crippen MR) is 79.4 cm³/mol. The second-order valence-electron chi connectivity index (χ2n) is 4.78. The van der Waals surface area contributed by atoms with Crippen molar-refractivity contribution in [3.05, 3.63) is 35.4 Å². The molecule has 3 heteroatoms. The lowest BCUT2D eigenvalue weighted by Gasteiger charge is -2.31. The van der Waals surface area contributed by atoms with Crippen LogP contribution in [-0.2, 0) is 11.2 Å². The van der Waals surface area contributed by atoms with Crippen LogP contribution in [0.5, 0.6) is 0 Å². The van der Waals surface area contributed by atoms with Crippen LogP contribution in [0.4, 0.5) is 0 Å². The lowest BCUT2D eigenvalue weighted by atomic mass is 9.98. The first kappa shape index (κ1) is 13.9. The molecule has 1 fully saturated rings. The Kier molecular flexibility index (Phi) is 5.54. The summed E-state index contributed by atoms with van der Waals surface area (Å²) in [6.45, 7) is 6.25. The van der Waals surface area contributed by atoms with Crippen molar-refractivity contribution in [2.45, 2.75) is 32.4 Å². The molecule has 1 aromatic carbocycles. The standard InChI is InChI=1S/C15H23NOS/c1-3-16-14(15-11-18-9-8-17-15)10-13-7-5-4-6-12(13)2/h4-7,14-16H,3,8-11H2,1-2H3. The van der Waals surface area contributed by atoms with E-state index >= 15 is 0 Å². The fraction of sp³-hybridized carbons (Fsp3) is 0.600. The SMILES string of the molecule is CCNC(Cc1ccccc1C)C1CSCCO1. The van der Waals surface area contributed by atoms with E-state index in [9.17, 15) is 0 Å². The number of hydrogen-bond donors (Lipinski definition) is 1. The summed E-state index contributed by atoms with van der Waals surface area (Å²) in [5.41, 5.74) is 2.81. The molecule has 0 radical (unpaired) electrons. The smallest absolute Gasteiger partial charge is 0.0821 e. The molecule has 18 heavy (non-hydrogen) atoms. The molecule has 2 atom stereocenters. The van der Waals surface area contributed by atoms with Crippen molar-refractivity contribution in [1.29, 1.82) is 0 Å². The van der Waals surface area contributed by atoms with Crippen molar-refractivity contribution in [3.8, 4) is 0 Å². The largest absolute Gasteiger partial charge is 0.375 e. The molecule has 0 saturated carbocycles. The number of thioether (sulfide) groups is 1. The van der Waals surface area contributed by atoms with Crippen molar-refractivity contribution in [2.24, 2.45) is 0 Å². The summed E-state index contributed by atoms with van der Waals surface area (Å²) < 4.78 is 5.92. The zero-order valence-corrected chi connectivity index (χ0v) is 12.1. The first-order valence-electron chi connectivity index (χ1n) is 6.78. The molecule has 2 rings (SSSR count). The lowest BCUT2D eigenvalue weighted by molar-refractivity contribution is 0.0476. The summed E-state index contributed by atoms with van der Waals surface area (Å²) in [5, 5.41) is 3.59. The molecule has 1 N–H and O–H groups in total. The van der Waals surface area contributed by atoms with Crippen molar-refractivity contribution < 1.29 is 4.74 Å². The lowest BCUT2D eigenvalue weighted by Crippen LogP contribution is -2.46. The van der Waals surface area contributed by atoms with Gasteiger partial charge < -0.3 is 10.1 Å². The van der Waals surface area contributed by atoms with E-state index in [1.54, 1.807) is 0 Å². The highest BCUT2D eigenvalue weighted by molar-refractivity contribution is 7.99. The van der Waals surface area contributed by atoms with Gasteiger partial charge in [0.05, 0.1) is 12.7 Å². The van der Waals surface area contributed by atoms with E-state index < -0.39 is 0 Å². The molecule has 1 saturated heterocycles. The molecule has 1 heterocycles. The van der Waals surface area contributed by atoms with Crippen LogP contribution in [0.1, 0.15) is 18.1 Å². The molecule has 1 aliphatic rings. The van der Waals surface area contributed by atoms with Crippen LogP contribution in [0.2, 0.25) is 0 Å². The van der Waals surface area contributed by atoms with Gasteiger partial charge in [0.2, 0.25) is 0 Å². The Bertz CT molecular complexity index is 363. The van der Waals surface area contributed by atoms with Crippen molar-refractivity contribution >= 4 is 11.8 Å². The summed E-state index contributed by atoms with van der Waals surface area (Å²) in [7, 11) is 0. The van der Waals surface area contributed by atoms with E-state index in [-0.39, 0.29) is 0 Å². The van der Waals surface area contributed by atoms with E-state index in [1.165, 1.54) is 11.1 Å². The van der Waals surface area contributed by atoms with Gasteiger partial charge in [-0.3, -0.25) is 0 Å². The number of nitrogens with one attached hydrogen (secondary N) is 1. The number of likely N-dealkylation sites (N-methyl/N-ethyl adjacent to an activating group) is 1. The zero-order chi connectivity index (χ0) is 12.8. The molecule has 0 aromatic heterocycles. The van der Waals surface area contributed by atoms with Gasteiger partial charge in [-0.05, 0) is 31.0 Å². The van der Waals surface area contributed by atoms with Gasteiger partial charge in [0.15, 0.2) is 0 Å². The minimum Gasteiger partial charge on any atom is -0.375 e. The molecule has 0 amide bonds. The summed E-state index contributed by atoms with van der Waals surface area (Å²) in [6.07, 6.45) is 1.41. The summed E-state index contributed by atoms with van der Waals surface area (Å²) in [6, 6.07) is 9.09. The van der Waals surface area contributed by atoms with Crippen LogP contribution in [0, 0.1) is 6.92 Å². The van der Waals surface area contributed by atoms with Gasteiger partial charge in [0.25, 0.3) is 0 Å². The Balaban J connectivity index is 2.03. The maximum absolute atomic E-state index is 5.92. The molecule has 1 aromatic rings. The quantitative estimate of drug-likeness (QED) is 0.884. The highest BCUT2D eigenvalue weighted by Gasteiger charge is 2.24. The van der Waals surface area contributed by atoms with E-state index in [0.717, 1.165) is 31.1 Å². The van der Waals surface area contributed by atoms with Crippen LogP contribution in [0.3, 0.4) is 0 Å². The Labute approximate surface area is 114 Å². The zero-order valence-electron chi connectivity index (χ0n) is 11.3. The Morgan fingerprint density at radius 1 is 1.44 bits per heavy atom. The normalized spacial score (nSPS) is 21.8. The van der Waals surface area contributed by atoms with Gasteiger partial charge in [-0.25, -0.2) is 0 Å². The Morgan fingerprint density at radius 2 is 2.28 bits per heavy atom. The minimum atomic E-state index is 0.350. The molecule has 2 unspecified atom stereocenters. The van der Waals surface area contributed by atoms with Crippen LogP contribution in [0.25, 0.3) is 0 Å². The third-order valence-electron chi connectivity index (χ3n) is 3.46. The molecular weight excluding hydrogens is 242 g/mol. The van der Waals surface area contributed by atoms with Gasteiger partial charge >= 0.3 is 0 Å². The molecule has 0 bridgehead atoms. The maximum Gasteiger partial charge on any atom is 0.0821 e. The highest BCUT2D eigenvalue weighted by atomic mass is 32.2.